The van der Waals surface area contributed by atoms with Crippen LogP contribution in [0.25, 0.3) is 10.2 Å². The summed E-state index contributed by atoms with van der Waals surface area (Å²) in [7, 11) is 0. The maximum absolute atomic E-state index is 13.1. The van der Waals surface area contributed by atoms with Crippen molar-refractivity contribution < 1.29 is 14.7 Å². The SMILES string of the molecule is NCCc1ccc2nc(CNC(=O)C3(CC(=O)O)Cc4ccccc4C3)sc2c1. The molecule has 29 heavy (non-hydrogen) atoms. The molecule has 1 aliphatic carbocycles. The van der Waals surface area contributed by atoms with Crippen molar-refractivity contribution in [2.24, 2.45) is 11.1 Å². The van der Waals surface area contributed by atoms with Crippen molar-refractivity contribution in [3.8, 4) is 0 Å². The molecule has 0 radical (unpaired) electrons. The molecule has 150 valence electrons. The highest BCUT2D eigenvalue weighted by atomic mass is 32.1. The van der Waals surface area contributed by atoms with Crippen LogP contribution in [0, 0.1) is 5.41 Å². The number of carbonyl (C=O) groups excluding carboxylic acids is 1. The topological polar surface area (TPSA) is 105 Å². The number of carbonyl (C=O) groups is 2. The van der Waals surface area contributed by atoms with Gasteiger partial charge in [0.15, 0.2) is 0 Å². The monoisotopic (exact) mass is 409 g/mol. The van der Waals surface area contributed by atoms with Crippen molar-refractivity contribution in [1.29, 1.82) is 0 Å². The van der Waals surface area contributed by atoms with Gasteiger partial charge in [0.05, 0.1) is 28.6 Å². The third-order valence-corrected chi connectivity index (χ3v) is 6.50. The fraction of sp³-hybridized carbons (Fsp3) is 0.318. The van der Waals surface area contributed by atoms with Crippen molar-refractivity contribution in [2.45, 2.75) is 32.2 Å². The molecule has 2 aromatic carbocycles. The van der Waals surface area contributed by atoms with Gasteiger partial charge in [-0.2, -0.15) is 0 Å². The van der Waals surface area contributed by atoms with E-state index in [0.717, 1.165) is 32.8 Å². The molecule has 1 heterocycles. The maximum Gasteiger partial charge on any atom is 0.304 e. The molecule has 1 aliphatic rings. The van der Waals surface area contributed by atoms with Gasteiger partial charge >= 0.3 is 5.97 Å². The Hall–Kier alpha value is -2.77. The molecule has 0 saturated carbocycles. The molecule has 3 aromatic rings. The number of nitrogens with one attached hydrogen (secondary N) is 1. The summed E-state index contributed by atoms with van der Waals surface area (Å²) >= 11 is 1.54. The highest BCUT2D eigenvalue weighted by Gasteiger charge is 2.45. The van der Waals surface area contributed by atoms with E-state index >= 15 is 0 Å². The number of amides is 1. The molecular formula is C22H23N3O3S. The molecule has 0 aliphatic heterocycles. The van der Waals surface area contributed by atoms with E-state index in [1.54, 1.807) is 0 Å². The predicted octanol–water partition coefficient (Wildman–Crippen LogP) is 2.67. The van der Waals surface area contributed by atoms with Gasteiger partial charge in [0.2, 0.25) is 5.91 Å². The lowest BCUT2D eigenvalue weighted by molar-refractivity contribution is -0.145. The first kappa shape index (κ1) is 19.5. The number of benzene rings is 2. The van der Waals surface area contributed by atoms with Gasteiger partial charge in [0.25, 0.3) is 0 Å². The minimum Gasteiger partial charge on any atom is -0.481 e. The Balaban J connectivity index is 1.50. The first-order valence-corrected chi connectivity index (χ1v) is 10.5. The second-order valence-corrected chi connectivity index (χ2v) is 8.72. The Labute approximate surface area is 172 Å². The standard InChI is InChI=1S/C22H23N3O3S/c23-8-7-14-5-6-17-18(9-14)29-19(25-17)13-24-21(28)22(12-20(26)27)10-15-3-1-2-4-16(15)11-22/h1-6,9H,7-8,10-13,23H2,(H,24,28)(H,26,27). The number of hydrogen-bond acceptors (Lipinski definition) is 5. The van der Waals surface area contributed by atoms with Crippen LogP contribution in [0.4, 0.5) is 0 Å². The second-order valence-electron chi connectivity index (χ2n) is 7.60. The van der Waals surface area contributed by atoms with Gasteiger partial charge in [-0.15, -0.1) is 11.3 Å². The van der Waals surface area contributed by atoms with E-state index in [4.69, 9.17) is 5.73 Å². The zero-order chi connectivity index (χ0) is 20.4. The van der Waals surface area contributed by atoms with Crippen molar-refractivity contribution in [3.63, 3.8) is 0 Å². The van der Waals surface area contributed by atoms with Crippen molar-refractivity contribution >= 4 is 33.4 Å². The first-order chi connectivity index (χ1) is 14.0. The largest absolute Gasteiger partial charge is 0.481 e. The molecule has 4 N–H and O–H groups in total. The van der Waals surface area contributed by atoms with Crippen LogP contribution in [0.5, 0.6) is 0 Å². The Kier molecular flexibility index (Phi) is 5.34. The summed E-state index contributed by atoms with van der Waals surface area (Å²) in [5.74, 6) is -1.18. The number of thiazole rings is 1. The molecule has 6 nitrogen and oxygen atoms in total. The van der Waals surface area contributed by atoms with E-state index < -0.39 is 11.4 Å². The fourth-order valence-electron chi connectivity index (χ4n) is 4.11. The number of nitrogens with two attached hydrogens (primary N) is 1. The number of hydrogen-bond donors (Lipinski definition) is 3. The minimum atomic E-state index is -0.958. The van der Waals surface area contributed by atoms with E-state index in [1.807, 2.05) is 36.4 Å². The Bertz CT molecular complexity index is 1050. The lowest BCUT2D eigenvalue weighted by Gasteiger charge is -2.25. The molecule has 0 unspecified atom stereocenters. The molecule has 1 amide bonds. The molecule has 0 atom stereocenters. The predicted molar refractivity (Wildman–Crippen MR) is 113 cm³/mol. The minimum absolute atomic E-state index is 0.185. The van der Waals surface area contributed by atoms with Gasteiger partial charge < -0.3 is 16.2 Å². The number of aliphatic carboxylic acids is 1. The second kappa shape index (κ2) is 7.93. The number of carboxylic acids is 1. The van der Waals surface area contributed by atoms with Crippen LogP contribution >= 0.6 is 11.3 Å². The Morgan fingerprint density at radius 2 is 1.90 bits per heavy atom. The molecule has 0 fully saturated rings. The average Bonchev–Trinajstić information content (AvgIpc) is 3.26. The van der Waals surface area contributed by atoms with Crippen LogP contribution in [0.15, 0.2) is 42.5 Å². The van der Waals surface area contributed by atoms with E-state index in [0.29, 0.717) is 25.9 Å². The van der Waals surface area contributed by atoms with Crippen LogP contribution < -0.4 is 11.1 Å². The molecule has 1 aromatic heterocycles. The van der Waals surface area contributed by atoms with Crippen LogP contribution in [-0.4, -0.2) is 28.5 Å². The smallest absolute Gasteiger partial charge is 0.304 e. The average molecular weight is 410 g/mol. The van der Waals surface area contributed by atoms with Crippen LogP contribution in [0.1, 0.15) is 28.1 Å². The lowest BCUT2D eigenvalue weighted by atomic mass is 9.80. The fourth-order valence-corrected chi connectivity index (χ4v) is 5.08. The van der Waals surface area contributed by atoms with Gasteiger partial charge in [-0.05, 0) is 54.6 Å². The Morgan fingerprint density at radius 3 is 2.55 bits per heavy atom. The summed E-state index contributed by atoms with van der Waals surface area (Å²) in [5, 5.41) is 13.2. The van der Waals surface area contributed by atoms with Crippen molar-refractivity contribution in [3.05, 3.63) is 64.2 Å². The van der Waals surface area contributed by atoms with E-state index in [1.165, 1.54) is 16.9 Å². The van der Waals surface area contributed by atoms with Crippen molar-refractivity contribution in [2.75, 3.05) is 6.54 Å². The van der Waals surface area contributed by atoms with Gasteiger partial charge in [-0.1, -0.05) is 30.3 Å². The molecule has 0 spiro atoms. The summed E-state index contributed by atoms with van der Waals surface area (Å²) in [6, 6.07) is 13.9. The van der Waals surface area contributed by atoms with Crippen molar-refractivity contribution in [1.82, 2.24) is 10.3 Å². The van der Waals surface area contributed by atoms with Crippen LogP contribution in [0.2, 0.25) is 0 Å². The van der Waals surface area contributed by atoms with Gasteiger partial charge in [0.1, 0.15) is 5.01 Å². The van der Waals surface area contributed by atoms with Crippen LogP contribution in [-0.2, 0) is 35.4 Å². The molecule has 0 saturated heterocycles. The summed E-state index contributed by atoms with van der Waals surface area (Å²) in [6.45, 7) is 0.892. The maximum atomic E-state index is 13.1. The summed E-state index contributed by atoms with van der Waals surface area (Å²) in [5.41, 5.74) is 8.85. The number of rotatable bonds is 7. The van der Waals surface area contributed by atoms with Gasteiger partial charge in [-0.3, -0.25) is 9.59 Å². The third-order valence-electron chi connectivity index (χ3n) is 5.48. The zero-order valence-corrected chi connectivity index (χ0v) is 16.8. The molecular weight excluding hydrogens is 386 g/mol. The lowest BCUT2D eigenvalue weighted by Crippen LogP contribution is -2.43. The van der Waals surface area contributed by atoms with Gasteiger partial charge in [0, 0.05) is 0 Å². The van der Waals surface area contributed by atoms with E-state index in [-0.39, 0.29) is 12.3 Å². The summed E-state index contributed by atoms with van der Waals surface area (Å²) in [4.78, 5) is 29.2. The zero-order valence-electron chi connectivity index (χ0n) is 16.0. The molecule has 0 bridgehead atoms. The normalized spacial score (nSPS) is 14.7. The number of aromatic nitrogens is 1. The quantitative estimate of drug-likeness (QED) is 0.556. The number of carboxylic acid groups (broad SMARTS) is 1. The summed E-state index contributed by atoms with van der Waals surface area (Å²) in [6.07, 6.45) is 1.53. The third kappa shape index (κ3) is 4.02. The Morgan fingerprint density at radius 1 is 1.17 bits per heavy atom. The number of nitrogens with zero attached hydrogens (tertiary/aromatic N) is 1. The highest BCUT2D eigenvalue weighted by Crippen LogP contribution is 2.40. The highest BCUT2D eigenvalue weighted by molar-refractivity contribution is 7.18. The first-order valence-electron chi connectivity index (χ1n) is 9.64. The van der Waals surface area contributed by atoms with E-state index in [9.17, 15) is 14.7 Å². The summed E-state index contributed by atoms with van der Waals surface area (Å²) < 4.78 is 1.06. The van der Waals surface area contributed by atoms with Crippen LogP contribution in [0.3, 0.4) is 0 Å². The molecule has 4 rings (SSSR count). The van der Waals surface area contributed by atoms with E-state index in [2.05, 4.69) is 16.4 Å². The number of fused-ring (bicyclic) bond motifs is 2. The van der Waals surface area contributed by atoms with Gasteiger partial charge in [-0.25, -0.2) is 4.98 Å². The molecule has 7 heteroatoms.